The van der Waals surface area contributed by atoms with Gasteiger partial charge in [0.25, 0.3) is 0 Å². The fourth-order valence-corrected chi connectivity index (χ4v) is 2.36. The van der Waals surface area contributed by atoms with Crippen LogP contribution in [0.4, 0.5) is 0 Å². The molecular formula is C16H27NO3. The summed E-state index contributed by atoms with van der Waals surface area (Å²) < 4.78 is 5.13. The van der Waals surface area contributed by atoms with Gasteiger partial charge in [-0.05, 0) is 49.9 Å². The Bertz CT molecular complexity index is 389. The number of hydrogen-bond acceptors (Lipinski definition) is 4. The number of phenolic OH excluding ortho intramolecular Hbond substituents is 1. The first kappa shape index (κ1) is 16.8. The maximum Gasteiger partial charge on any atom is 0.160 e. The fourth-order valence-electron chi connectivity index (χ4n) is 2.36. The molecule has 0 aliphatic rings. The van der Waals surface area contributed by atoms with Crippen molar-refractivity contribution in [2.75, 3.05) is 20.3 Å². The van der Waals surface area contributed by atoms with Gasteiger partial charge in [-0.25, -0.2) is 0 Å². The molecule has 0 saturated heterocycles. The van der Waals surface area contributed by atoms with Gasteiger partial charge in [0.2, 0.25) is 0 Å². The van der Waals surface area contributed by atoms with Gasteiger partial charge in [-0.3, -0.25) is 0 Å². The number of aromatic hydroxyl groups is 1. The Morgan fingerprint density at radius 3 is 2.65 bits per heavy atom. The minimum atomic E-state index is 0.160. The molecule has 0 aliphatic heterocycles. The number of aliphatic hydroxyl groups excluding tert-OH is 1. The predicted molar refractivity (Wildman–Crippen MR) is 81.2 cm³/mol. The highest BCUT2D eigenvalue weighted by Gasteiger charge is 2.12. The van der Waals surface area contributed by atoms with Crippen molar-refractivity contribution in [1.29, 1.82) is 0 Å². The van der Waals surface area contributed by atoms with Crippen LogP contribution in [0.1, 0.15) is 44.7 Å². The van der Waals surface area contributed by atoms with E-state index in [9.17, 15) is 5.11 Å². The van der Waals surface area contributed by atoms with Gasteiger partial charge in [0.1, 0.15) is 0 Å². The topological polar surface area (TPSA) is 61.7 Å². The average molecular weight is 281 g/mol. The van der Waals surface area contributed by atoms with E-state index in [4.69, 9.17) is 9.84 Å². The van der Waals surface area contributed by atoms with Crippen LogP contribution in [-0.2, 0) is 0 Å². The van der Waals surface area contributed by atoms with Crippen molar-refractivity contribution in [2.24, 2.45) is 5.92 Å². The molecule has 2 atom stereocenters. The van der Waals surface area contributed by atoms with Crippen LogP contribution in [0.25, 0.3) is 0 Å². The van der Waals surface area contributed by atoms with Crippen LogP contribution in [0.15, 0.2) is 18.2 Å². The second-order valence-electron chi connectivity index (χ2n) is 5.23. The lowest BCUT2D eigenvalue weighted by atomic mass is 9.99. The number of methoxy groups -OCH3 is 1. The highest BCUT2D eigenvalue weighted by molar-refractivity contribution is 5.42. The van der Waals surface area contributed by atoms with Crippen LogP contribution in [0.2, 0.25) is 0 Å². The van der Waals surface area contributed by atoms with Crippen LogP contribution in [0, 0.1) is 5.92 Å². The summed E-state index contributed by atoms with van der Waals surface area (Å²) in [5.74, 6) is 1.16. The summed E-state index contributed by atoms with van der Waals surface area (Å²) in [5, 5.41) is 22.2. The molecule has 0 heterocycles. The zero-order valence-electron chi connectivity index (χ0n) is 12.7. The minimum absolute atomic E-state index is 0.160. The molecule has 4 heteroatoms. The molecular weight excluding hydrogens is 254 g/mol. The molecule has 20 heavy (non-hydrogen) atoms. The lowest BCUT2D eigenvalue weighted by Gasteiger charge is -2.20. The van der Waals surface area contributed by atoms with Crippen LogP contribution in [0.3, 0.4) is 0 Å². The number of rotatable bonds is 9. The van der Waals surface area contributed by atoms with Gasteiger partial charge in [-0.2, -0.15) is 0 Å². The van der Waals surface area contributed by atoms with Gasteiger partial charge in [0.15, 0.2) is 11.5 Å². The molecule has 0 aromatic heterocycles. The monoisotopic (exact) mass is 281 g/mol. The Balaban J connectivity index is 2.59. The number of benzene rings is 1. The van der Waals surface area contributed by atoms with Crippen molar-refractivity contribution < 1.29 is 14.9 Å². The van der Waals surface area contributed by atoms with E-state index in [1.807, 2.05) is 12.1 Å². The SMILES string of the molecule is CCCC(CCO)CNC(C)c1ccc(O)c(OC)c1. The minimum Gasteiger partial charge on any atom is -0.504 e. The summed E-state index contributed by atoms with van der Waals surface area (Å²) in [7, 11) is 1.55. The molecule has 1 aromatic rings. The van der Waals surface area contributed by atoms with Crippen molar-refractivity contribution >= 4 is 0 Å². The van der Waals surface area contributed by atoms with Gasteiger partial charge >= 0.3 is 0 Å². The van der Waals surface area contributed by atoms with Gasteiger partial charge in [0, 0.05) is 12.6 Å². The molecule has 1 aromatic carbocycles. The molecule has 0 amide bonds. The summed E-state index contributed by atoms with van der Waals surface area (Å²) in [5.41, 5.74) is 1.08. The smallest absolute Gasteiger partial charge is 0.160 e. The van der Waals surface area contributed by atoms with E-state index in [-0.39, 0.29) is 18.4 Å². The number of ether oxygens (including phenoxy) is 1. The molecule has 0 bridgehead atoms. The zero-order valence-corrected chi connectivity index (χ0v) is 12.7. The molecule has 1 rings (SSSR count). The Labute approximate surface area is 121 Å². The molecule has 0 fully saturated rings. The van der Waals surface area contributed by atoms with Crippen LogP contribution < -0.4 is 10.1 Å². The maximum atomic E-state index is 9.60. The Morgan fingerprint density at radius 1 is 1.30 bits per heavy atom. The molecule has 3 N–H and O–H groups in total. The largest absolute Gasteiger partial charge is 0.504 e. The molecule has 2 unspecified atom stereocenters. The molecule has 4 nitrogen and oxygen atoms in total. The number of aliphatic hydroxyl groups is 1. The Hall–Kier alpha value is -1.26. The van der Waals surface area contributed by atoms with Crippen molar-refractivity contribution in [2.45, 2.75) is 39.2 Å². The first-order valence-corrected chi connectivity index (χ1v) is 7.33. The summed E-state index contributed by atoms with van der Waals surface area (Å²) in [6, 6.07) is 5.59. The standard InChI is InChI=1S/C16H27NO3/c1-4-5-13(8-9-18)11-17-12(2)14-6-7-15(19)16(10-14)20-3/h6-7,10,12-13,17-19H,4-5,8-9,11H2,1-3H3. The third kappa shape index (κ3) is 5.02. The van der Waals surface area contributed by atoms with Crippen LogP contribution in [-0.4, -0.2) is 30.5 Å². The second-order valence-corrected chi connectivity index (χ2v) is 5.23. The quantitative estimate of drug-likeness (QED) is 0.651. The third-order valence-corrected chi connectivity index (χ3v) is 3.65. The second kappa shape index (κ2) is 8.82. The van der Waals surface area contributed by atoms with Crippen LogP contribution in [0.5, 0.6) is 11.5 Å². The first-order chi connectivity index (χ1) is 9.62. The van der Waals surface area contributed by atoms with Crippen molar-refractivity contribution in [3.8, 4) is 11.5 Å². The maximum absolute atomic E-state index is 9.60. The van der Waals surface area contributed by atoms with Crippen molar-refractivity contribution in [3.63, 3.8) is 0 Å². The van der Waals surface area contributed by atoms with Gasteiger partial charge in [0.05, 0.1) is 7.11 Å². The molecule has 0 radical (unpaired) electrons. The van der Waals surface area contributed by atoms with Gasteiger partial charge in [-0.15, -0.1) is 0 Å². The van der Waals surface area contributed by atoms with Gasteiger partial charge < -0.3 is 20.3 Å². The highest BCUT2D eigenvalue weighted by atomic mass is 16.5. The third-order valence-electron chi connectivity index (χ3n) is 3.65. The molecule has 0 spiro atoms. The van der Waals surface area contributed by atoms with Crippen molar-refractivity contribution in [1.82, 2.24) is 5.32 Å². The Morgan fingerprint density at radius 2 is 2.05 bits per heavy atom. The average Bonchev–Trinajstić information content (AvgIpc) is 2.45. The zero-order chi connectivity index (χ0) is 15.0. The van der Waals surface area contributed by atoms with Crippen LogP contribution >= 0.6 is 0 Å². The number of phenols is 1. The van der Waals surface area contributed by atoms with E-state index in [0.717, 1.165) is 31.4 Å². The predicted octanol–water partition coefficient (Wildman–Crippen LogP) is 2.85. The number of hydrogen-bond donors (Lipinski definition) is 3. The Kier molecular flexibility index (Phi) is 7.41. The lowest BCUT2D eigenvalue weighted by molar-refractivity contribution is 0.245. The summed E-state index contributed by atoms with van der Waals surface area (Å²) in [6.45, 7) is 5.39. The van der Waals surface area contributed by atoms with E-state index in [0.29, 0.717) is 11.7 Å². The van der Waals surface area contributed by atoms with E-state index in [1.165, 1.54) is 0 Å². The van der Waals surface area contributed by atoms with Crippen molar-refractivity contribution in [3.05, 3.63) is 23.8 Å². The molecule has 0 saturated carbocycles. The first-order valence-electron chi connectivity index (χ1n) is 7.33. The lowest BCUT2D eigenvalue weighted by Crippen LogP contribution is -2.26. The van der Waals surface area contributed by atoms with E-state index < -0.39 is 0 Å². The van der Waals surface area contributed by atoms with E-state index in [2.05, 4.69) is 19.2 Å². The number of nitrogens with one attached hydrogen (secondary N) is 1. The van der Waals surface area contributed by atoms with Gasteiger partial charge in [-0.1, -0.05) is 19.4 Å². The molecule has 0 aliphatic carbocycles. The van der Waals surface area contributed by atoms with E-state index in [1.54, 1.807) is 13.2 Å². The fraction of sp³-hybridized carbons (Fsp3) is 0.625. The molecule has 114 valence electrons. The normalized spacial score (nSPS) is 14.0. The summed E-state index contributed by atoms with van der Waals surface area (Å²) in [4.78, 5) is 0. The summed E-state index contributed by atoms with van der Waals surface area (Å²) >= 11 is 0. The van der Waals surface area contributed by atoms with E-state index >= 15 is 0 Å². The summed E-state index contributed by atoms with van der Waals surface area (Å²) in [6.07, 6.45) is 3.10. The highest BCUT2D eigenvalue weighted by Crippen LogP contribution is 2.28.